The molecule has 2 rings (SSSR count). The van der Waals surface area contributed by atoms with Gasteiger partial charge < -0.3 is 15.2 Å². The molecule has 0 spiro atoms. The number of alkyl halides is 3. The van der Waals surface area contributed by atoms with Crippen molar-refractivity contribution in [3.63, 3.8) is 0 Å². The topological polar surface area (TPSA) is 58.6 Å². The van der Waals surface area contributed by atoms with E-state index in [1.165, 1.54) is 6.07 Å². The molecule has 1 amide bonds. The highest BCUT2D eigenvalue weighted by molar-refractivity contribution is 5.81. The zero-order valence-corrected chi connectivity index (χ0v) is 10.5. The highest BCUT2D eigenvalue weighted by Crippen LogP contribution is 2.37. The van der Waals surface area contributed by atoms with Gasteiger partial charge in [-0.15, -0.1) is 0 Å². The molecule has 0 fully saturated rings. The Morgan fingerprint density at radius 1 is 1.45 bits per heavy atom. The van der Waals surface area contributed by atoms with E-state index >= 15 is 0 Å². The Labute approximate surface area is 113 Å². The van der Waals surface area contributed by atoms with Crippen LogP contribution in [0.5, 0.6) is 11.5 Å². The van der Waals surface area contributed by atoms with E-state index in [2.05, 4.69) is 0 Å². The molecule has 0 bridgehead atoms. The average Bonchev–Trinajstić information content (AvgIpc) is 2.38. The zero-order valence-electron chi connectivity index (χ0n) is 10.5. The Hall–Kier alpha value is -1.92. The van der Waals surface area contributed by atoms with Crippen LogP contribution in [0.15, 0.2) is 18.2 Å². The van der Waals surface area contributed by atoms with Gasteiger partial charge in [-0.3, -0.25) is 4.79 Å². The average molecular weight is 289 g/mol. The minimum atomic E-state index is -4.86. The number of rotatable bonds is 3. The van der Waals surface area contributed by atoms with Gasteiger partial charge in [0, 0.05) is 12.1 Å². The Morgan fingerprint density at radius 2 is 2.20 bits per heavy atom. The Bertz CT molecular complexity index is 502. The minimum absolute atomic E-state index is 0.0422. The van der Waals surface area contributed by atoms with Gasteiger partial charge in [-0.05, 0) is 37.0 Å². The third kappa shape index (κ3) is 3.34. The van der Waals surface area contributed by atoms with E-state index in [4.69, 9.17) is 4.74 Å². The van der Waals surface area contributed by atoms with Gasteiger partial charge in [0.1, 0.15) is 11.5 Å². The molecular formula is C13H14F3NO3. The zero-order chi connectivity index (χ0) is 14.8. The van der Waals surface area contributed by atoms with Gasteiger partial charge >= 0.3 is 12.1 Å². The molecule has 1 aliphatic rings. The molecule has 110 valence electrons. The Kier molecular flexibility index (Phi) is 4.06. The predicted molar refractivity (Wildman–Crippen MR) is 64.6 cm³/mol. The van der Waals surface area contributed by atoms with Crippen LogP contribution in [0.3, 0.4) is 0 Å². The third-order valence-corrected chi connectivity index (χ3v) is 3.19. The molecule has 1 atom stereocenters. The quantitative estimate of drug-likeness (QED) is 0.898. The van der Waals surface area contributed by atoms with E-state index in [0.717, 1.165) is 5.56 Å². The minimum Gasteiger partial charge on any atom is -0.508 e. The highest BCUT2D eigenvalue weighted by Gasteiger charge is 2.38. The van der Waals surface area contributed by atoms with E-state index in [9.17, 15) is 23.1 Å². The first kappa shape index (κ1) is 14.5. The molecule has 4 nitrogen and oxygen atoms in total. The number of benzene rings is 1. The molecule has 0 radical (unpaired) electrons. The molecule has 0 saturated carbocycles. The van der Waals surface area contributed by atoms with Crippen LogP contribution in [0.4, 0.5) is 13.2 Å². The van der Waals surface area contributed by atoms with Crippen molar-refractivity contribution in [2.75, 3.05) is 13.2 Å². The lowest BCUT2D eigenvalue weighted by molar-refractivity contribution is -0.173. The number of ether oxygens (including phenoxy) is 1. The van der Waals surface area contributed by atoms with Gasteiger partial charge in [0.15, 0.2) is 0 Å². The lowest BCUT2D eigenvalue weighted by atomic mass is 9.90. The third-order valence-electron chi connectivity index (χ3n) is 3.19. The molecular weight excluding hydrogens is 275 g/mol. The fourth-order valence-electron chi connectivity index (χ4n) is 2.21. The maximum atomic E-state index is 12.0. The number of hydrogen-bond donors (Lipinski definition) is 2. The van der Waals surface area contributed by atoms with E-state index in [1.54, 1.807) is 12.1 Å². The van der Waals surface area contributed by atoms with Crippen LogP contribution in [0.1, 0.15) is 24.3 Å². The summed E-state index contributed by atoms with van der Waals surface area (Å²) in [5, 5.41) is 11.3. The van der Waals surface area contributed by atoms with Crippen LogP contribution in [0.2, 0.25) is 0 Å². The number of aromatic hydroxyl groups is 1. The van der Waals surface area contributed by atoms with E-state index in [1.807, 2.05) is 5.32 Å². The summed E-state index contributed by atoms with van der Waals surface area (Å²) < 4.78 is 41.5. The van der Waals surface area contributed by atoms with Gasteiger partial charge in [0.05, 0.1) is 6.61 Å². The number of amides is 1. The number of phenolic OH excluding ortho intramolecular Hbond substituents is 1. The summed E-state index contributed by atoms with van der Waals surface area (Å²) >= 11 is 0. The second-order valence-corrected chi connectivity index (χ2v) is 4.60. The first-order chi connectivity index (χ1) is 9.38. The number of carbonyl (C=O) groups excluding carboxylic acids is 1. The largest absolute Gasteiger partial charge is 0.508 e. The Morgan fingerprint density at radius 3 is 2.90 bits per heavy atom. The van der Waals surface area contributed by atoms with Gasteiger partial charge in [-0.2, -0.15) is 13.2 Å². The van der Waals surface area contributed by atoms with E-state index in [0.29, 0.717) is 25.2 Å². The second-order valence-electron chi connectivity index (χ2n) is 4.60. The first-order valence-corrected chi connectivity index (χ1v) is 6.18. The van der Waals surface area contributed by atoms with Crippen LogP contribution in [-0.2, 0) is 4.79 Å². The van der Waals surface area contributed by atoms with Crippen molar-refractivity contribution < 1.29 is 27.8 Å². The van der Waals surface area contributed by atoms with Crippen LogP contribution in [-0.4, -0.2) is 30.3 Å². The summed E-state index contributed by atoms with van der Waals surface area (Å²) in [6.45, 7) is 0.397. The smallest absolute Gasteiger partial charge is 0.471 e. The van der Waals surface area contributed by atoms with Crippen molar-refractivity contribution >= 4 is 5.91 Å². The van der Waals surface area contributed by atoms with Crippen molar-refractivity contribution in [1.29, 1.82) is 0 Å². The Balaban J connectivity index is 1.95. The molecule has 20 heavy (non-hydrogen) atoms. The number of halogens is 3. The number of carbonyl (C=O) groups is 1. The summed E-state index contributed by atoms with van der Waals surface area (Å²) in [5.74, 6) is -1.26. The van der Waals surface area contributed by atoms with Crippen LogP contribution in [0, 0.1) is 0 Å². The molecule has 0 aliphatic carbocycles. The van der Waals surface area contributed by atoms with Crippen molar-refractivity contribution in [2.45, 2.75) is 24.9 Å². The lowest BCUT2D eigenvalue weighted by Crippen LogP contribution is -2.37. The number of phenols is 1. The molecule has 1 unspecified atom stereocenters. The maximum Gasteiger partial charge on any atom is 0.471 e. The lowest BCUT2D eigenvalue weighted by Gasteiger charge is -2.26. The monoisotopic (exact) mass is 289 g/mol. The molecule has 0 aromatic heterocycles. The van der Waals surface area contributed by atoms with Crippen LogP contribution in [0.25, 0.3) is 0 Å². The standard InChI is InChI=1S/C13H14F3NO3/c14-13(15,16)12(19)17-5-3-8-4-6-20-11-2-1-9(18)7-10(8)11/h1-2,7-8,18H,3-6H2,(H,17,19). The molecule has 1 aliphatic heterocycles. The number of nitrogens with one attached hydrogen (secondary N) is 1. The maximum absolute atomic E-state index is 12.0. The molecule has 1 heterocycles. The van der Waals surface area contributed by atoms with Gasteiger partial charge in [0.25, 0.3) is 0 Å². The fraction of sp³-hybridized carbons (Fsp3) is 0.462. The van der Waals surface area contributed by atoms with E-state index in [-0.39, 0.29) is 18.2 Å². The molecule has 1 aromatic rings. The number of hydrogen-bond acceptors (Lipinski definition) is 3. The van der Waals surface area contributed by atoms with Gasteiger partial charge in [-0.25, -0.2) is 0 Å². The summed E-state index contributed by atoms with van der Waals surface area (Å²) in [7, 11) is 0. The molecule has 0 saturated heterocycles. The van der Waals surface area contributed by atoms with Crippen molar-refractivity contribution in [1.82, 2.24) is 5.32 Å². The molecule has 1 aromatic carbocycles. The second kappa shape index (κ2) is 5.60. The summed E-state index contributed by atoms with van der Waals surface area (Å²) in [5.41, 5.74) is 0.762. The van der Waals surface area contributed by atoms with Crippen molar-refractivity contribution in [3.05, 3.63) is 23.8 Å². The highest BCUT2D eigenvalue weighted by atomic mass is 19.4. The normalized spacial score (nSPS) is 18.1. The van der Waals surface area contributed by atoms with Crippen molar-refractivity contribution in [3.8, 4) is 11.5 Å². The summed E-state index contributed by atoms with van der Waals surface area (Å²) in [6, 6.07) is 4.67. The predicted octanol–water partition coefficient (Wildman–Crippen LogP) is 2.33. The van der Waals surface area contributed by atoms with Gasteiger partial charge in [-0.1, -0.05) is 0 Å². The SMILES string of the molecule is O=C(NCCC1CCOc2ccc(O)cc21)C(F)(F)F. The summed E-state index contributed by atoms with van der Waals surface area (Å²) in [4.78, 5) is 10.7. The fourth-order valence-corrected chi connectivity index (χ4v) is 2.21. The molecule has 2 N–H and O–H groups in total. The van der Waals surface area contributed by atoms with Gasteiger partial charge in [0.2, 0.25) is 0 Å². The molecule has 7 heteroatoms. The first-order valence-electron chi connectivity index (χ1n) is 6.18. The summed E-state index contributed by atoms with van der Waals surface area (Å²) in [6.07, 6.45) is -3.86. The number of fused-ring (bicyclic) bond motifs is 1. The van der Waals surface area contributed by atoms with E-state index < -0.39 is 12.1 Å². The van der Waals surface area contributed by atoms with Crippen LogP contribution >= 0.6 is 0 Å². The van der Waals surface area contributed by atoms with Crippen LogP contribution < -0.4 is 10.1 Å². The van der Waals surface area contributed by atoms with Crippen molar-refractivity contribution in [2.24, 2.45) is 0 Å².